The lowest BCUT2D eigenvalue weighted by Gasteiger charge is -2.37. The number of hydrogen-bond donors (Lipinski definition) is 1. The van der Waals surface area contributed by atoms with Crippen LogP contribution in [0.2, 0.25) is 0 Å². The molecule has 138 valence electrons. The zero-order chi connectivity index (χ0) is 18.9. The van der Waals surface area contributed by atoms with Crippen LogP contribution >= 0.6 is 0 Å². The molecule has 1 heterocycles. The second-order valence-corrected chi connectivity index (χ2v) is 7.77. The number of rotatable bonds is 4. The number of allylic oxidation sites excluding steroid dienone is 2. The SMILES string of the molecule is O=C(CN1C(=O)[C@@H]2[C@H]3C=C[C@@H]([C@@H]4C[C@H]34)[C@H]2C1=O)Nc1ccc([N+](=O)[O-])cc1. The summed E-state index contributed by atoms with van der Waals surface area (Å²) < 4.78 is 0. The molecule has 3 amide bonds. The lowest BCUT2D eigenvalue weighted by atomic mass is 9.63. The number of non-ortho nitro benzene ring substituents is 1. The van der Waals surface area contributed by atoms with Crippen LogP contribution in [0.15, 0.2) is 36.4 Å². The molecule has 8 heteroatoms. The number of nitrogens with one attached hydrogen (secondary N) is 1. The molecule has 1 aromatic rings. The van der Waals surface area contributed by atoms with Gasteiger partial charge in [0.05, 0.1) is 16.8 Å². The highest BCUT2D eigenvalue weighted by Gasteiger charge is 2.67. The third-order valence-corrected chi connectivity index (χ3v) is 6.42. The van der Waals surface area contributed by atoms with Crippen molar-refractivity contribution in [3.8, 4) is 0 Å². The second kappa shape index (κ2) is 5.48. The third-order valence-electron chi connectivity index (χ3n) is 6.42. The molecule has 8 nitrogen and oxygen atoms in total. The summed E-state index contributed by atoms with van der Waals surface area (Å²) in [6, 6.07) is 5.40. The average molecular weight is 367 g/mol. The van der Waals surface area contributed by atoms with E-state index in [2.05, 4.69) is 17.5 Å². The number of carbonyl (C=O) groups excluding carboxylic acids is 3. The number of nitrogens with zero attached hydrogens (tertiary/aromatic N) is 2. The van der Waals surface area contributed by atoms with Crippen LogP contribution in [-0.4, -0.2) is 34.1 Å². The van der Waals surface area contributed by atoms with Gasteiger partial charge in [-0.2, -0.15) is 0 Å². The van der Waals surface area contributed by atoms with Crippen molar-refractivity contribution in [3.63, 3.8) is 0 Å². The van der Waals surface area contributed by atoms with Crippen molar-refractivity contribution < 1.29 is 19.3 Å². The van der Waals surface area contributed by atoms with Crippen LogP contribution in [0, 0.1) is 45.6 Å². The Balaban J connectivity index is 1.29. The summed E-state index contributed by atoms with van der Waals surface area (Å²) >= 11 is 0. The van der Waals surface area contributed by atoms with Crippen LogP contribution in [0.1, 0.15) is 6.42 Å². The van der Waals surface area contributed by atoms with E-state index in [9.17, 15) is 24.5 Å². The number of amides is 3. The molecular formula is C19H17N3O5. The summed E-state index contributed by atoms with van der Waals surface area (Å²) in [4.78, 5) is 49.2. The molecule has 2 bridgehead atoms. The summed E-state index contributed by atoms with van der Waals surface area (Å²) in [6.45, 7) is -0.323. The van der Waals surface area contributed by atoms with Gasteiger partial charge in [0.2, 0.25) is 17.7 Å². The molecule has 1 aromatic carbocycles. The molecular weight excluding hydrogens is 350 g/mol. The Morgan fingerprint density at radius 3 is 2.15 bits per heavy atom. The van der Waals surface area contributed by atoms with Crippen LogP contribution in [0.3, 0.4) is 0 Å². The number of hydrogen-bond acceptors (Lipinski definition) is 5. The summed E-state index contributed by atoms with van der Waals surface area (Å²) in [5.74, 6) is -0.309. The fourth-order valence-corrected chi connectivity index (χ4v) is 5.19. The van der Waals surface area contributed by atoms with Gasteiger partial charge in [0.25, 0.3) is 5.69 Å². The summed E-state index contributed by atoms with van der Waals surface area (Å²) in [7, 11) is 0. The fraction of sp³-hybridized carbons (Fsp3) is 0.421. The normalized spacial score (nSPS) is 35.0. The molecule has 3 fully saturated rings. The van der Waals surface area contributed by atoms with Crippen LogP contribution in [0.5, 0.6) is 0 Å². The monoisotopic (exact) mass is 367 g/mol. The standard InChI is InChI=1S/C19H17N3O5/c23-15(20-9-1-3-10(4-2-9)22(26)27)8-21-18(24)16-11-5-6-12(14-7-13(11)14)17(16)19(21)25/h1-6,11-14,16-17H,7-8H2,(H,20,23)/t11-,12-,13-,14+,16+,17+/m0/s1. The van der Waals surface area contributed by atoms with Gasteiger partial charge in [-0.25, -0.2) is 0 Å². The van der Waals surface area contributed by atoms with Crippen molar-refractivity contribution >= 4 is 29.1 Å². The highest BCUT2D eigenvalue weighted by Crippen LogP contribution is 2.65. The maximum absolute atomic E-state index is 12.8. The molecule has 6 atom stereocenters. The van der Waals surface area contributed by atoms with E-state index in [-0.39, 0.29) is 47.7 Å². The Labute approximate surface area is 154 Å². The van der Waals surface area contributed by atoms with Gasteiger partial charge in [-0.3, -0.25) is 29.4 Å². The molecule has 0 spiro atoms. The Morgan fingerprint density at radius 2 is 1.63 bits per heavy atom. The van der Waals surface area contributed by atoms with Gasteiger partial charge >= 0.3 is 0 Å². The van der Waals surface area contributed by atoms with Crippen LogP contribution in [-0.2, 0) is 14.4 Å². The maximum Gasteiger partial charge on any atom is 0.269 e. The van der Waals surface area contributed by atoms with Gasteiger partial charge in [-0.1, -0.05) is 12.2 Å². The number of likely N-dealkylation sites (tertiary alicyclic amines) is 1. The van der Waals surface area contributed by atoms with Gasteiger partial charge < -0.3 is 5.32 Å². The van der Waals surface area contributed by atoms with Gasteiger partial charge in [0.1, 0.15) is 6.54 Å². The first-order valence-corrected chi connectivity index (χ1v) is 9.03. The van der Waals surface area contributed by atoms with Crippen LogP contribution < -0.4 is 5.32 Å². The van der Waals surface area contributed by atoms with E-state index in [0.29, 0.717) is 17.5 Å². The lowest BCUT2D eigenvalue weighted by Crippen LogP contribution is -2.40. The summed E-state index contributed by atoms with van der Waals surface area (Å²) in [6.07, 6.45) is 5.27. The van der Waals surface area contributed by atoms with Crippen LogP contribution in [0.25, 0.3) is 0 Å². The molecule has 1 N–H and O–H groups in total. The first-order chi connectivity index (χ1) is 13.0. The van der Waals surface area contributed by atoms with E-state index < -0.39 is 10.8 Å². The zero-order valence-electron chi connectivity index (χ0n) is 14.3. The van der Waals surface area contributed by atoms with Crippen molar-refractivity contribution in [3.05, 3.63) is 46.5 Å². The van der Waals surface area contributed by atoms with Crippen molar-refractivity contribution in [1.29, 1.82) is 0 Å². The fourth-order valence-electron chi connectivity index (χ4n) is 5.19. The van der Waals surface area contributed by atoms with E-state index in [0.717, 1.165) is 11.3 Å². The number of anilines is 1. The highest BCUT2D eigenvalue weighted by atomic mass is 16.6. The Morgan fingerprint density at radius 1 is 1.07 bits per heavy atom. The highest BCUT2D eigenvalue weighted by molar-refractivity contribution is 6.09. The minimum atomic E-state index is -0.526. The lowest BCUT2D eigenvalue weighted by molar-refractivity contribution is -0.384. The minimum absolute atomic E-state index is 0.0801. The molecule has 0 unspecified atom stereocenters. The van der Waals surface area contributed by atoms with Crippen LogP contribution in [0.4, 0.5) is 11.4 Å². The maximum atomic E-state index is 12.8. The molecule has 27 heavy (non-hydrogen) atoms. The third kappa shape index (κ3) is 2.32. The molecule has 0 radical (unpaired) electrons. The first-order valence-electron chi connectivity index (χ1n) is 9.03. The number of carbonyl (C=O) groups is 3. The predicted octanol–water partition coefficient (Wildman–Crippen LogP) is 1.59. The molecule has 0 aromatic heterocycles. The van der Waals surface area contributed by atoms with Gasteiger partial charge in [0, 0.05) is 17.8 Å². The minimum Gasteiger partial charge on any atom is -0.325 e. The molecule has 1 aliphatic heterocycles. The van der Waals surface area contributed by atoms with Crippen molar-refractivity contribution in [2.75, 3.05) is 11.9 Å². The van der Waals surface area contributed by atoms with Crippen molar-refractivity contribution in [1.82, 2.24) is 4.90 Å². The number of benzene rings is 1. The number of imide groups is 1. The van der Waals surface area contributed by atoms with E-state index in [1.807, 2.05) is 0 Å². The largest absolute Gasteiger partial charge is 0.325 e. The first kappa shape index (κ1) is 16.2. The molecule has 1 saturated heterocycles. The molecule has 6 rings (SSSR count). The Kier molecular flexibility index (Phi) is 3.28. The topological polar surface area (TPSA) is 110 Å². The van der Waals surface area contributed by atoms with Crippen molar-refractivity contribution in [2.24, 2.45) is 35.5 Å². The van der Waals surface area contributed by atoms with Gasteiger partial charge in [-0.05, 0) is 42.2 Å². The average Bonchev–Trinajstić information content (AvgIpc) is 3.43. The van der Waals surface area contributed by atoms with E-state index in [1.54, 1.807) is 0 Å². The Bertz CT molecular complexity index is 872. The predicted molar refractivity (Wildman–Crippen MR) is 93.1 cm³/mol. The summed E-state index contributed by atoms with van der Waals surface area (Å²) in [5, 5.41) is 13.3. The van der Waals surface area contributed by atoms with E-state index in [1.165, 1.54) is 24.3 Å². The second-order valence-electron chi connectivity index (χ2n) is 7.77. The van der Waals surface area contributed by atoms with Gasteiger partial charge in [0.15, 0.2) is 0 Å². The van der Waals surface area contributed by atoms with Crippen molar-refractivity contribution in [2.45, 2.75) is 6.42 Å². The van der Waals surface area contributed by atoms with E-state index in [4.69, 9.17) is 0 Å². The smallest absolute Gasteiger partial charge is 0.269 e. The van der Waals surface area contributed by atoms with Gasteiger partial charge in [-0.15, -0.1) is 0 Å². The quantitative estimate of drug-likeness (QED) is 0.376. The Hall–Kier alpha value is -3.03. The summed E-state index contributed by atoms with van der Waals surface area (Å²) in [5.41, 5.74) is 0.300. The number of nitro groups is 1. The molecule has 2 saturated carbocycles. The zero-order valence-corrected chi connectivity index (χ0v) is 14.3. The molecule has 5 aliphatic rings. The van der Waals surface area contributed by atoms with E-state index >= 15 is 0 Å². The number of nitro benzene ring substituents is 1. The molecule has 4 aliphatic carbocycles.